The highest BCUT2D eigenvalue weighted by Crippen LogP contribution is 2.14. The molecule has 4 N–H and O–H groups in total. The van der Waals surface area contributed by atoms with Crippen LogP contribution in [0.1, 0.15) is 44.7 Å². The van der Waals surface area contributed by atoms with Gasteiger partial charge in [-0.1, -0.05) is 43.3 Å². The number of allylic oxidation sites excluding steroid dienone is 4. The summed E-state index contributed by atoms with van der Waals surface area (Å²) in [7, 11) is 0. The lowest BCUT2D eigenvalue weighted by molar-refractivity contribution is -0.117. The van der Waals surface area contributed by atoms with Crippen molar-refractivity contribution < 1.29 is 4.79 Å². The molecule has 1 heterocycles. The van der Waals surface area contributed by atoms with E-state index in [1.165, 1.54) is 12.7 Å². The second-order valence-corrected chi connectivity index (χ2v) is 8.11. The van der Waals surface area contributed by atoms with Gasteiger partial charge in [0.1, 0.15) is 18.5 Å². The minimum Gasteiger partial charge on any atom is -0.390 e. The van der Waals surface area contributed by atoms with Gasteiger partial charge in [-0.2, -0.15) is 5.10 Å². The van der Waals surface area contributed by atoms with Crippen molar-refractivity contribution >= 4 is 24.2 Å². The summed E-state index contributed by atoms with van der Waals surface area (Å²) < 4.78 is 1.76. The van der Waals surface area contributed by atoms with Crippen LogP contribution in [0.2, 0.25) is 0 Å². The molecular formula is C26H36N8O. The number of primary amides is 1. The Morgan fingerprint density at radius 2 is 1.97 bits per heavy atom. The first-order valence-corrected chi connectivity index (χ1v) is 11.7. The lowest BCUT2D eigenvalue weighted by Gasteiger charge is -2.28. The van der Waals surface area contributed by atoms with Crippen LogP contribution in [-0.4, -0.2) is 50.7 Å². The van der Waals surface area contributed by atoms with Gasteiger partial charge in [0, 0.05) is 18.8 Å². The van der Waals surface area contributed by atoms with Crippen molar-refractivity contribution in [3.05, 3.63) is 78.2 Å². The lowest BCUT2D eigenvalue weighted by atomic mass is 10.1. The predicted octanol–water partition coefficient (Wildman–Crippen LogP) is 3.31. The van der Waals surface area contributed by atoms with Crippen LogP contribution in [0.5, 0.6) is 0 Å². The van der Waals surface area contributed by atoms with E-state index in [-0.39, 0.29) is 18.4 Å². The third-order valence-electron chi connectivity index (χ3n) is 5.06. The number of amides is 1. The average Bonchev–Trinajstić information content (AvgIpc) is 3.36. The van der Waals surface area contributed by atoms with E-state index in [4.69, 9.17) is 11.5 Å². The molecule has 0 bridgehead atoms. The van der Waals surface area contributed by atoms with Crippen molar-refractivity contribution in [3.8, 4) is 0 Å². The maximum absolute atomic E-state index is 11.0. The van der Waals surface area contributed by atoms with Crippen LogP contribution in [0.15, 0.2) is 77.0 Å². The predicted molar refractivity (Wildman–Crippen MR) is 142 cm³/mol. The third kappa shape index (κ3) is 9.79. The fourth-order valence-corrected chi connectivity index (χ4v) is 3.34. The van der Waals surface area contributed by atoms with Crippen LogP contribution >= 0.6 is 0 Å². The molecule has 0 spiro atoms. The molecule has 0 unspecified atom stereocenters. The van der Waals surface area contributed by atoms with Crippen molar-refractivity contribution in [2.75, 3.05) is 6.54 Å². The molecule has 0 atom stereocenters. The van der Waals surface area contributed by atoms with Gasteiger partial charge in [-0.3, -0.25) is 9.79 Å². The molecule has 2 aromatic rings. The van der Waals surface area contributed by atoms with Crippen LogP contribution in [0, 0.1) is 0 Å². The average molecular weight is 477 g/mol. The third-order valence-corrected chi connectivity index (χ3v) is 5.06. The van der Waals surface area contributed by atoms with E-state index in [9.17, 15) is 4.79 Å². The number of nitrogens with zero attached hydrogens (tertiary/aromatic N) is 6. The maximum Gasteiger partial charge on any atom is 0.221 e. The topological polar surface area (TPSA) is 128 Å². The number of hydrogen-bond donors (Lipinski definition) is 2. The highest BCUT2D eigenvalue weighted by Gasteiger charge is 2.11. The fourth-order valence-electron chi connectivity index (χ4n) is 3.34. The second-order valence-electron chi connectivity index (χ2n) is 8.11. The van der Waals surface area contributed by atoms with Crippen molar-refractivity contribution in [2.24, 2.45) is 21.5 Å². The van der Waals surface area contributed by atoms with Gasteiger partial charge in [-0.05, 0) is 50.0 Å². The minimum absolute atomic E-state index is 0.213. The zero-order valence-electron chi connectivity index (χ0n) is 20.8. The molecule has 0 aliphatic heterocycles. The molecule has 0 saturated heterocycles. The summed E-state index contributed by atoms with van der Waals surface area (Å²) in [5.41, 5.74) is 13.8. The number of aliphatic imine (C=N–C) groups is 2. The van der Waals surface area contributed by atoms with Crippen LogP contribution in [-0.2, 0) is 17.8 Å². The smallest absolute Gasteiger partial charge is 0.221 e. The number of aromatic nitrogens is 3. The molecule has 186 valence electrons. The summed E-state index contributed by atoms with van der Waals surface area (Å²) in [6.45, 7) is 7.59. The number of rotatable bonds is 14. The van der Waals surface area contributed by atoms with Crippen LogP contribution in [0.25, 0.3) is 5.70 Å². The Balaban J connectivity index is 2.07. The molecule has 35 heavy (non-hydrogen) atoms. The van der Waals surface area contributed by atoms with Crippen molar-refractivity contribution in [3.63, 3.8) is 0 Å². The monoisotopic (exact) mass is 476 g/mol. The van der Waals surface area contributed by atoms with Gasteiger partial charge in [-0.25, -0.2) is 14.7 Å². The van der Waals surface area contributed by atoms with Crippen LogP contribution in [0.4, 0.5) is 0 Å². The Hall–Kier alpha value is -4.01. The minimum atomic E-state index is -0.342. The highest BCUT2D eigenvalue weighted by atomic mass is 16.1. The van der Waals surface area contributed by atoms with Crippen molar-refractivity contribution in [1.29, 1.82) is 0 Å². The molecule has 1 aromatic carbocycles. The number of hydrogen-bond acceptors (Lipinski definition) is 6. The summed E-state index contributed by atoms with van der Waals surface area (Å²) in [6.07, 6.45) is 16.4. The molecule has 0 saturated carbocycles. The summed E-state index contributed by atoms with van der Waals surface area (Å²) in [5.74, 6) is 0.397. The molecule has 0 radical (unpaired) electrons. The van der Waals surface area contributed by atoms with Gasteiger partial charge in [0.05, 0.1) is 25.0 Å². The summed E-state index contributed by atoms with van der Waals surface area (Å²) in [4.78, 5) is 26.1. The van der Waals surface area contributed by atoms with Gasteiger partial charge in [0.15, 0.2) is 0 Å². The van der Waals surface area contributed by atoms with E-state index >= 15 is 0 Å². The number of nitrogens with two attached hydrogens (primary N) is 2. The van der Waals surface area contributed by atoms with Gasteiger partial charge < -0.3 is 16.4 Å². The molecule has 9 nitrogen and oxygen atoms in total. The first kappa shape index (κ1) is 27.2. The van der Waals surface area contributed by atoms with E-state index in [1.807, 2.05) is 30.3 Å². The van der Waals surface area contributed by atoms with Gasteiger partial charge in [0.25, 0.3) is 0 Å². The summed E-state index contributed by atoms with van der Waals surface area (Å²) in [6, 6.07) is 7.90. The number of benzene rings is 1. The molecule has 0 aliphatic rings. The summed E-state index contributed by atoms with van der Waals surface area (Å²) in [5, 5.41) is 4.24. The van der Waals surface area contributed by atoms with E-state index in [0.717, 1.165) is 42.0 Å². The Kier molecular flexibility index (Phi) is 11.7. The number of carbonyl (C=O) groups is 1. The Bertz CT molecular complexity index is 1050. The van der Waals surface area contributed by atoms with E-state index in [0.29, 0.717) is 6.54 Å². The van der Waals surface area contributed by atoms with Gasteiger partial charge >= 0.3 is 0 Å². The second kappa shape index (κ2) is 15.0. The van der Waals surface area contributed by atoms with Crippen molar-refractivity contribution in [1.82, 2.24) is 19.7 Å². The fraction of sp³-hybridized carbons (Fsp3) is 0.346. The first-order chi connectivity index (χ1) is 16.9. The van der Waals surface area contributed by atoms with Crippen LogP contribution in [0.3, 0.4) is 0 Å². The molecule has 1 aromatic heterocycles. The Morgan fingerprint density at radius 3 is 2.57 bits per heavy atom. The maximum atomic E-state index is 11.0. The highest BCUT2D eigenvalue weighted by molar-refractivity contribution is 5.76. The number of carbonyl (C=O) groups excluding carboxylic acids is 1. The molecule has 1 amide bonds. The zero-order valence-corrected chi connectivity index (χ0v) is 20.8. The Labute approximate surface area is 207 Å². The van der Waals surface area contributed by atoms with E-state index in [1.54, 1.807) is 17.2 Å². The molecule has 0 aliphatic carbocycles. The van der Waals surface area contributed by atoms with Gasteiger partial charge in [-0.15, -0.1) is 0 Å². The SMILES string of the molecule is CC/C=C\C(=C/CCN(C(=CC=NCc1ccc(CC(N)=O)cc1)N=CN)C(C)C)n1cncn1. The largest absolute Gasteiger partial charge is 0.390 e. The summed E-state index contributed by atoms with van der Waals surface area (Å²) >= 11 is 0. The Morgan fingerprint density at radius 1 is 1.23 bits per heavy atom. The zero-order chi connectivity index (χ0) is 25.5. The molecule has 2 rings (SSSR count). The van der Waals surface area contributed by atoms with E-state index in [2.05, 4.69) is 64.0 Å². The molecule has 0 fully saturated rings. The quantitative estimate of drug-likeness (QED) is 0.246. The lowest BCUT2D eigenvalue weighted by Crippen LogP contribution is -2.30. The van der Waals surface area contributed by atoms with E-state index < -0.39 is 0 Å². The molecule has 9 heteroatoms. The first-order valence-electron chi connectivity index (χ1n) is 11.7. The molecular weight excluding hydrogens is 440 g/mol. The van der Waals surface area contributed by atoms with Crippen LogP contribution < -0.4 is 11.5 Å². The normalized spacial score (nSPS) is 13.0. The van der Waals surface area contributed by atoms with Gasteiger partial charge in [0.2, 0.25) is 5.91 Å². The van der Waals surface area contributed by atoms with Crippen molar-refractivity contribution in [2.45, 2.75) is 52.6 Å². The standard InChI is InChI=1S/C26H36N8O/c1-4-5-7-24(34-20-30-19-32-34)8-6-15-33(21(2)3)26(31-18-27)13-14-29-17-23-11-9-22(10-12-23)16-25(28)35/h5,7-14,18-21H,4,6,15-17H2,1-3H3,(H2,27,31)(H2,28,35)/b7-5-,24-8+,26-13?,29-14?.